The Hall–Kier alpha value is -1.54. The third kappa shape index (κ3) is 40.5. The van der Waals surface area contributed by atoms with E-state index in [0.29, 0.717) is 12.8 Å². The van der Waals surface area contributed by atoms with E-state index in [0.717, 1.165) is 77.0 Å². The predicted octanol–water partition coefficient (Wildman–Crippen LogP) is 12.9. The van der Waals surface area contributed by atoms with Crippen LogP contribution in [-0.4, -0.2) is 47.8 Å². The summed E-state index contributed by atoms with van der Waals surface area (Å²) in [5.74, 6) is -0.185. The van der Waals surface area contributed by atoms with Gasteiger partial charge in [-0.3, -0.25) is 13.8 Å². The summed E-state index contributed by atoms with van der Waals surface area (Å²) in [6.07, 6.45) is 51.2. The number of carbonyl (C=O) groups excluding carboxylic acids is 1. The molecule has 322 valence electrons. The number of rotatable bonds is 42. The molecule has 0 fully saturated rings. The van der Waals surface area contributed by atoms with Crippen LogP contribution < -0.4 is 11.1 Å². The molecule has 0 aromatic carbocycles. The van der Waals surface area contributed by atoms with E-state index in [2.05, 4.69) is 67.8 Å². The monoisotopic (exact) mass is 795 g/mol. The van der Waals surface area contributed by atoms with E-state index in [-0.39, 0.29) is 25.7 Å². The molecule has 0 bridgehead atoms. The highest BCUT2D eigenvalue weighted by Gasteiger charge is 2.27. The Kier molecular flexibility index (Phi) is 40.9. The number of unbranched alkanes of at least 4 members (excludes halogenated alkanes) is 22. The van der Waals surface area contributed by atoms with Crippen molar-refractivity contribution in [1.29, 1.82) is 0 Å². The van der Waals surface area contributed by atoms with Crippen LogP contribution in [0.15, 0.2) is 48.6 Å². The highest BCUT2D eigenvalue weighted by molar-refractivity contribution is 7.47. The van der Waals surface area contributed by atoms with Gasteiger partial charge >= 0.3 is 7.82 Å². The van der Waals surface area contributed by atoms with Crippen molar-refractivity contribution in [3.05, 3.63) is 48.6 Å². The highest BCUT2D eigenvalue weighted by Crippen LogP contribution is 2.43. The molecule has 0 aromatic heterocycles. The van der Waals surface area contributed by atoms with Crippen LogP contribution >= 0.6 is 7.82 Å². The number of allylic oxidation sites excluding steroid dienone is 8. The van der Waals surface area contributed by atoms with Gasteiger partial charge in [-0.05, 0) is 51.4 Å². The summed E-state index contributed by atoms with van der Waals surface area (Å²) < 4.78 is 22.2. The molecule has 9 heteroatoms. The molecule has 0 rings (SSSR count). The molecule has 0 heterocycles. The van der Waals surface area contributed by atoms with Crippen molar-refractivity contribution in [3.63, 3.8) is 0 Å². The number of aliphatic hydroxyl groups excluding tert-OH is 1. The van der Waals surface area contributed by atoms with Crippen molar-refractivity contribution in [2.75, 3.05) is 19.8 Å². The lowest BCUT2D eigenvalue weighted by Crippen LogP contribution is -2.46. The molecule has 0 aliphatic rings. The number of hydrogen-bond acceptors (Lipinski definition) is 6. The summed E-state index contributed by atoms with van der Waals surface area (Å²) in [7, 11) is -4.33. The molecule has 0 aliphatic heterocycles. The van der Waals surface area contributed by atoms with E-state index < -0.39 is 20.0 Å². The number of amides is 1. The summed E-state index contributed by atoms with van der Waals surface area (Å²) >= 11 is 0. The quantitative estimate of drug-likeness (QED) is 0.0275. The molecule has 3 atom stereocenters. The van der Waals surface area contributed by atoms with Gasteiger partial charge in [-0.1, -0.05) is 197 Å². The lowest BCUT2D eigenvalue weighted by Gasteiger charge is -2.25. The molecule has 0 saturated carbocycles. The summed E-state index contributed by atoms with van der Waals surface area (Å²) in [6, 6.07) is -0.789. The molecule has 5 N–H and O–H groups in total. The van der Waals surface area contributed by atoms with Gasteiger partial charge in [-0.2, -0.15) is 0 Å². The third-order valence-corrected chi connectivity index (χ3v) is 10.9. The summed E-state index contributed by atoms with van der Waals surface area (Å²) in [5, 5.41) is 13.8. The first kappa shape index (κ1) is 53.5. The van der Waals surface area contributed by atoms with Crippen molar-refractivity contribution in [3.8, 4) is 0 Å². The van der Waals surface area contributed by atoms with E-state index in [1.165, 1.54) is 103 Å². The van der Waals surface area contributed by atoms with Crippen LogP contribution in [0.2, 0.25) is 0 Å². The Balaban J connectivity index is 4.17. The number of nitrogens with two attached hydrogens (primary N) is 1. The maximum atomic E-state index is 12.8. The summed E-state index contributed by atoms with van der Waals surface area (Å²) in [4.78, 5) is 22.8. The van der Waals surface area contributed by atoms with E-state index in [4.69, 9.17) is 14.8 Å². The van der Waals surface area contributed by atoms with Crippen molar-refractivity contribution >= 4 is 13.7 Å². The maximum absolute atomic E-state index is 12.8. The molecule has 55 heavy (non-hydrogen) atoms. The van der Waals surface area contributed by atoms with Gasteiger partial charge in [0.05, 0.1) is 25.4 Å². The molecular formula is C46H87N2O6P. The number of carbonyl (C=O) groups is 1. The van der Waals surface area contributed by atoms with Crippen LogP contribution in [0, 0.1) is 0 Å². The van der Waals surface area contributed by atoms with Crippen molar-refractivity contribution in [2.45, 2.75) is 219 Å². The smallest absolute Gasteiger partial charge is 0.391 e. The van der Waals surface area contributed by atoms with Crippen molar-refractivity contribution in [1.82, 2.24) is 5.32 Å². The van der Waals surface area contributed by atoms with Gasteiger partial charge in [-0.15, -0.1) is 0 Å². The third-order valence-electron chi connectivity index (χ3n) is 9.95. The van der Waals surface area contributed by atoms with Crippen LogP contribution in [0.4, 0.5) is 0 Å². The lowest BCUT2D eigenvalue weighted by atomic mass is 10.0. The van der Waals surface area contributed by atoms with Crippen LogP contribution in [0.3, 0.4) is 0 Å². The lowest BCUT2D eigenvalue weighted by molar-refractivity contribution is -0.123. The van der Waals surface area contributed by atoms with Gasteiger partial charge in [-0.25, -0.2) is 4.57 Å². The van der Waals surface area contributed by atoms with E-state index in [1.807, 2.05) is 0 Å². The van der Waals surface area contributed by atoms with Gasteiger partial charge in [0.25, 0.3) is 0 Å². The number of hydrogen-bond donors (Lipinski definition) is 4. The molecule has 0 saturated heterocycles. The second-order valence-electron chi connectivity index (χ2n) is 15.2. The second-order valence-corrected chi connectivity index (χ2v) is 16.7. The standard InChI is InChI=1S/C46H87N2O6P/c1-3-5-7-9-11-13-15-17-19-21-22-24-25-27-29-31-33-35-37-39-45(49)44(43-54-55(51,52)53-42-41-47)48-46(50)40-38-36-34-32-30-28-26-23-20-18-16-14-12-10-8-6-4-2/h6,8,12,14,18,20,26,28,44-45,49H,3-5,7,9-11,13,15-17,19,21-25,27,29-43,47H2,1-2H3,(H,48,50)(H,51,52)/b8-6-,14-12-,20-18-,28-26-. The Morgan fingerprint density at radius 3 is 1.55 bits per heavy atom. The first-order valence-corrected chi connectivity index (χ1v) is 24.2. The molecule has 0 spiro atoms. The van der Waals surface area contributed by atoms with Crippen LogP contribution in [0.1, 0.15) is 206 Å². The molecule has 0 radical (unpaired) electrons. The Morgan fingerprint density at radius 2 is 1.05 bits per heavy atom. The van der Waals surface area contributed by atoms with Gasteiger partial charge in [0.1, 0.15) is 0 Å². The maximum Gasteiger partial charge on any atom is 0.472 e. The zero-order valence-electron chi connectivity index (χ0n) is 35.7. The largest absolute Gasteiger partial charge is 0.472 e. The van der Waals surface area contributed by atoms with Crippen LogP contribution in [-0.2, 0) is 18.4 Å². The fourth-order valence-corrected chi connectivity index (χ4v) is 7.30. The number of nitrogens with one attached hydrogen (secondary N) is 1. The van der Waals surface area contributed by atoms with Crippen LogP contribution in [0.5, 0.6) is 0 Å². The molecule has 1 amide bonds. The first-order chi connectivity index (χ1) is 26.9. The van der Waals surface area contributed by atoms with Crippen molar-refractivity contribution < 1.29 is 28.4 Å². The van der Waals surface area contributed by atoms with Gasteiger partial charge in [0, 0.05) is 13.0 Å². The highest BCUT2D eigenvalue weighted by atomic mass is 31.2. The van der Waals surface area contributed by atoms with E-state index in [9.17, 15) is 19.4 Å². The van der Waals surface area contributed by atoms with Gasteiger partial charge < -0.3 is 21.1 Å². The van der Waals surface area contributed by atoms with E-state index >= 15 is 0 Å². The Morgan fingerprint density at radius 1 is 0.618 bits per heavy atom. The molecule has 0 aromatic rings. The zero-order chi connectivity index (χ0) is 40.3. The number of phosphoric acid groups is 1. The minimum absolute atomic E-state index is 0.0829. The molecule has 3 unspecified atom stereocenters. The minimum atomic E-state index is -4.33. The summed E-state index contributed by atoms with van der Waals surface area (Å²) in [6.45, 7) is 4.08. The fourth-order valence-electron chi connectivity index (χ4n) is 6.54. The topological polar surface area (TPSA) is 131 Å². The zero-order valence-corrected chi connectivity index (χ0v) is 36.6. The fraction of sp³-hybridized carbons (Fsp3) is 0.804. The molecule has 0 aliphatic carbocycles. The molecule has 8 nitrogen and oxygen atoms in total. The predicted molar refractivity (Wildman–Crippen MR) is 235 cm³/mol. The molecular weight excluding hydrogens is 707 g/mol. The Labute approximate surface area is 339 Å². The van der Waals surface area contributed by atoms with Crippen molar-refractivity contribution in [2.24, 2.45) is 5.73 Å². The average Bonchev–Trinajstić information content (AvgIpc) is 3.17. The average molecular weight is 795 g/mol. The normalized spacial score (nSPS) is 14.5. The van der Waals surface area contributed by atoms with Gasteiger partial charge in [0.15, 0.2) is 0 Å². The summed E-state index contributed by atoms with van der Waals surface area (Å²) in [5.41, 5.74) is 5.38. The minimum Gasteiger partial charge on any atom is -0.391 e. The Bertz CT molecular complexity index is 1000. The SMILES string of the molecule is CC/C=C\C/C=C\C/C=C\C/C=C\CCCCCCC(=O)NC(COP(=O)(O)OCCN)C(O)CCCCCCCCCCCCCCCCCCCCC. The first-order valence-electron chi connectivity index (χ1n) is 22.8. The van der Waals surface area contributed by atoms with Gasteiger partial charge in [0.2, 0.25) is 5.91 Å². The second kappa shape index (κ2) is 42.1. The number of aliphatic hydroxyl groups is 1. The van der Waals surface area contributed by atoms with Crippen LogP contribution in [0.25, 0.3) is 0 Å². The number of phosphoric ester groups is 1. The van der Waals surface area contributed by atoms with E-state index in [1.54, 1.807) is 0 Å².